The van der Waals surface area contributed by atoms with Crippen molar-refractivity contribution in [1.82, 2.24) is 9.55 Å². The van der Waals surface area contributed by atoms with E-state index < -0.39 is 0 Å². The van der Waals surface area contributed by atoms with Crippen molar-refractivity contribution >= 4 is 11.2 Å². The first kappa shape index (κ1) is 6.27. The average Bonchev–Trinajstić information content (AvgIpc) is 2.53. The molecule has 58 valence electrons. The number of imidazole rings is 1. The molecule has 0 bridgehead atoms. The molecule has 0 spiro atoms. The topological polar surface area (TPSA) is 40.2 Å². The smallest absolute Gasteiger partial charge is 0.288 e. The van der Waals surface area contributed by atoms with Crippen LogP contribution in [0.2, 0.25) is 0 Å². The number of fused-ring (bicyclic) bond motifs is 1. The fourth-order valence-electron chi connectivity index (χ4n) is 0.997. The molecule has 0 aliphatic rings. The maximum Gasteiger partial charge on any atom is 0.288 e. The Morgan fingerprint density at radius 2 is 2.45 bits per heavy atom. The number of hydrogen-bond acceptors (Lipinski definition) is 3. The van der Waals surface area contributed by atoms with Gasteiger partial charge in [0.1, 0.15) is 5.52 Å². The van der Waals surface area contributed by atoms with E-state index in [0.717, 1.165) is 5.52 Å². The van der Waals surface area contributed by atoms with Gasteiger partial charge in [0.15, 0.2) is 0 Å². The lowest BCUT2D eigenvalue weighted by molar-refractivity contribution is 0.314. The quantitative estimate of drug-likeness (QED) is 0.615. The first-order valence-corrected chi connectivity index (χ1v) is 3.26. The van der Waals surface area contributed by atoms with E-state index in [4.69, 9.17) is 9.15 Å². The summed E-state index contributed by atoms with van der Waals surface area (Å²) in [6.07, 6.45) is 1.70. The highest BCUT2D eigenvalue weighted by molar-refractivity contribution is 5.70. The largest absolute Gasteiger partial charge is 0.468 e. The molecule has 0 saturated carbocycles. The lowest BCUT2D eigenvalue weighted by Gasteiger charge is -1.87. The molecule has 2 rings (SSSR count). The molecule has 2 aromatic heterocycles. The van der Waals surface area contributed by atoms with Gasteiger partial charge in [0.25, 0.3) is 5.95 Å². The summed E-state index contributed by atoms with van der Waals surface area (Å²) in [6.45, 7) is 0. The van der Waals surface area contributed by atoms with Crippen molar-refractivity contribution in [3.8, 4) is 5.95 Å². The van der Waals surface area contributed by atoms with Crippen molar-refractivity contribution in [2.45, 2.75) is 0 Å². The summed E-state index contributed by atoms with van der Waals surface area (Å²) < 4.78 is 12.0. The summed E-state index contributed by atoms with van der Waals surface area (Å²) in [5, 5.41) is 0. The van der Waals surface area contributed by atoms with Crippen molar-refractivity contribution in [2.24, 2.45) is 7.05 Å². The Labute approximate surface area is 63.4 Å². The minimum absolute atomic E-state index is 0.499. The standard InChI is InChI=1S/C7H8N2O2/c1-9-4-8-7-5(9)3-6(10-2)11-7/h3-4H,1-2H3. The molecule has 0 radical (unpaired) electrons. The summed E-state index contributed by atoms with van der Waals surface area (Å²) >= 11 is 0. The molecule has 0 aliphatic carbocycles. The fraction of sp³-hybridized carbons (Fsp3) is 0.286. The number of rotatable bonds is 1. The van der Waals surface area contributed by atoms with Crippen LogP contribution in [0.5, 0.6) is 5.95 Å². The van der Waals surface area contributed by atoms with Gasteiger partial charge in [-0.1, -0.05) is 0 Å². The number of nitrogens with zero attached hydrogens (tertiary/aromatic N) is 2. The maximum atomic E-state index is 5.18. The Morgan fingerprint density at radius 3 is 3.09 bits per heavy atom. The number of aryl methyl sites for hydroxylation is 1. The summed E-state index contributed by atoms with van der Waals surface area (Å²) in [5.41, 5.74) is 1.56. The molecule has 0 fully saturated rings. The van der Waals surface area contributed by atoms with Crippen LogP contribution in [0.1, 0.15) is 0 Å². The third-order valence-electron chi connectivity index (χ3n) is 1.60. The Hall–Kier alpha value is -1.45. The van der Waals surface area contributed by atoms with E-state index in [1.165, 1.54) is 0 Å². The lowest BCUT2D eigenvalue weighted by atomic mass is 10.5. The van der Waals surface area contributed by atoms with Crippen molar-refractivity contribution in [1.29, 1.82) is 0 Å². The second-order valence-electron chi connectivity index (χ2n) is 2.32. The molecule has 4 nitrogen and oxygen atoms in total. The van der Waals surface area contributed by atoms with Crippen LogP contribution in [-0.4, -0.2) is 16.7 Å². The van der Waals surface area contributed by atoms with Crippen LogP contribution in [0, 0.1) is 0 Å². The fourth-order valence-corrected chi connectivity index (χ4v) is 0.997. The van der Waals surface area contributed by atoms with Gasteiger partial charge < -0.3 is 13.7 Å². The summed E-state index contributed by atoms with van der Waals surface area (Å²) in [7, 11) is 3.47. The number of hydrogen-bond donors (Lipinski definition) is 0. The van der Waals surface area contributed by atoms with Gasteiger partial charge >= 0.3 is 0 Å². The first-order chi connectivity index (χ1) is 5.31. The molecule has 0 unspecified atom stereocenters. The van der Waals surface area contributed by atoms with Crippen molar-refractivity contribution in [3.63, 3.8) is 0 Å². The van der Waals surface area contributed by atoms with Gasteiger partial charge in [-0.25, -0.2) is 4.98 Å². The number of ether oxygens (including phenoxy) is 1. The second kappa shape index (κ2) is 2.02. The summed E-state index contributed by atoms with van der Waals surface area (Å²) in [6, 6.07) is 1.81. The van der Waals surface area contributed by atoms with Crippen LogP contribution < -0.4 is 4.74 Å². The van der Waals surface area contributed by atoms with E-state index in [1.54, 1.807) is 13.4 Å². The average molecular weight is 152 g/mol. The molecular weight excluding hydrogens is 144 g/mol. The van der Waals surface area contributed by atoms with Gasteiger partial charge in [0, 0.05) is 13.1 Å². The van der Waals surface area contributed by atoms with E-state index in [-0.39, 0.29) is 0 Å². The minimum atomic E-state index is 0.499. The second-order valence-corrected chi connectivity index (χ2v) is 2.32. The van der Waals surface area contributed by atoms with Crippen LogP contribution in [0.25, 0.3) is 11.2 Å². The molecule has 0 amide bonds. The molecule has 2 heterocycles. The number of aromatic nitrogens is 2. The van der Waals surface area contributed by atoms with Gasteiger partial charge in [-0.15, -0.1) is 0 Å². The number of furan rings is 1. The molecule has 0 aliphatic heterocycles. The van der Waals surface area contributed by atoms with E-state index in [0.29, 0.717) is 11.7 Å². The monoisotopic (exact) mass is 152 g/mol. The molecule has 0 atom stereocenters. The van der Waals surface area contributed by atoms with Crippen LogP contribution in [0.3, 0.4) is 0 Å². The summed E-state index contributed by atoms with van der Waals surface area (Å²) in [4.78, 5) is 4.00. The molecule has 0 N–H and O–H groups in total. The molecular formula is C7H8N2O2. The van der Waals surface area contributed by atoms with Crippen molar-refractivity contribution < 1.29 is 9.15 Å². The Balaban J connectivity index is 2.70. The van der Waals surface area contributed by atoms with E-state index in [1.807, 2.05) is 17.7 Å². The third kappa shape index (κ3) is 0.790. The van der Waals surface area contributed by atoms with Crippen molar-refractivity contribution in [2.75, 3.05) is 7.11 Å². The predicted molar refractivity (Wildman–Crippen MR) is 39.5 cm³/mol. The SMILES string of the molecule is COc1cc2c(ncn2C)o1. The van der Waals surface area contributed by atoms with Crippen LogP contribution >= 0.6 is 0 Å². The van der Waals surface area contributed by atoms with E-state index in [9.17, 15) is 0 Å². The van der Waals surface area contributed by atoms with Crippen LogP contribution in [0.15, 0.2) is 16.8 Å². The van der Waals surface area contributed by atoms with Gasteiger partial charge in [-0.3, -0.25) is 0 Å². The number of methoxy groups -OCH3 is 1. The van der Waals surface area contributed by atoms with E-state index in [2.05, 4.69) is 4.98 Å². The minimum Gasteiger partial charge on any atom is -0.468 e. The normalized spacial score (nSPS) is 10.7. The van der Waals surface area contributed by atoms with Crippen molar-refractivity contribution in [3.05, 3.63) is 12.4 Å². The Kier molecular flexibility index (Phi) is 1.15. The van der Waals surface area contributed by atoms with Crippen LogP contribution in [-0.2, 0) is 7.05 Å². The maximum absolute atomic E-state index is 5.18. The van der Waals surface area contributed by atoms with Gasteiger partial charge in [-0.05, 0) is 0 Å². The van der Waals surface area contributed by atoms with Gasteiger partial charge in [0.2, 0.25) is 5.71 Å². The molecule has 11 heavy (non-hydrogen) atoms. The van der Waals surface area contributed by atoms with Crippen LogP contribution in [0.4, 0.5) is 0 Å². The molecule has 2 aromatic rings. The first-order valence-electron chi connectivity index (χ1n) is 3.26. The summed E-state index contributed by atoms with van der Waals surface area (Å²) in [5.74, 6) is 0.499. The third-order valence-corrected chi connectivity index (χ3v) is 1.60. The highest BCUT2D eigenvalue weighted by Gasteiger charge is 2.06. The Bertz CT molecular complexity index is 375. The van der Waals surface area contributed by atoms with E-state index >= 15 is 0 Å². The van der Waals surface area contributed by atoms with Gasteiger partial charge in [0.05, 0.1) is 13.4 Å². The lowest BCUT2D eigenvalue weighted by Crippen LogP contribution is -1.81. The molecule has 0 aromatic carbocycles. The zero-order chi connectivity index (χ0) is 7.84. The molecule has 0 saturated heterocycles. The highest BCUT2D eigenvalue weighted by atomic mass is 16.6. The van der Waals surface area contributed by atoms with Gasteiger partial charge in [-0.2, -0.15) is 0 Å². The molecule has 4 heteroatoms. The zero-order valence-corrected chi connectivity index (χ0v) is 6.37. The zero-order valence-electron chi connectivity index (χ0n) is 6.37. The predicted octanol–water partition coefficient (Wildman–Crippen LogP) is 1.17. The highest BCUT2D eigenvalue weighted by Crippen LogP contribution is 2.22. The Morgan fingerprint density at radius 1 is 1.64 bits per heavy atom.